The van der Waals surface area contributed by atoms with Gasteiger partial charge in [0.2, 0.25) is 0 Å². The van der Waals surface area contributed by atoms with Crippen LogP contribution < -0.4 is 0 Å². The maximum Gasteiger partial charge on any atom is 0.195 e. The molecule has 0 aromatic heterocycles. The van der Waals surface area contributed by atoms with Gasteiger partial charge in [0.1, 0.15) is 12.2 Å². The summed E-state index contributed by atoms with van der Waals surface area (Å²) < 4.78 is 50.2. The molecule has 4 fully saturated rings. The molecule has 244 valence electrons. The Morgan fingerprint density at radius 3 is 2.10 bits per heavy atom. The van der Waals surface area contributed by atoms with E-state index in [4.69, 9.17) is 42.6 Å². The molecule has 41 heavy (non-hydrogen) atoms. The summed E-state index contributed by atoms with van der Waals surface area (Å²) in [7, 11) is 1.63. The minimum Gasteiger partial charge on any atom is -0.366 e. The summed E-state index contributed by atoms with van der Waals surface area (Å²) in [5.74, 6) is -3.18. The Morgan fingerprint density at radius 1 is 0.951 bits per heavy atom. The van der Waals surface area contributed by atoms with Crippen molar-refractivity contribution >= 4 is 5.78 Å². The number of hydrogen-bond donors (Lipinski definition) is 1. The third kappa shape index (κ3) is 12.1. The van der Waals surface area contributed by atoms with Gasteiger partial charge in [-0.05, 0) is 61.3 Å². The molecule has 11 nitrogen and oxygen atoms in total. The highest BCUT2D eigenvalue weighted by atomic mass is 16.8. The van der Waals surface area contributed by atoms with E-state index >= 15 is 0 Å². The van der Waals surface area contributed by atoms with Crippen molar-refractivity contribution in [1.29, 1.82) is 0 Å². The van der Waals surface area contributed by atoms with E-state index in [0.717, 1.165) is 19.3 Å². The molecule has 1 N–H and O–H groups in total. The first-order chi connectivity index (χ1) is 19.1. The van der Waals surface area contributed by atoms with Crippen LogP contribution >= 0.6 is 0 Å². The van der Waals surface area contributed by atoms with E-state index in [-0.39, 0.29) is 30.9 Å². The Bertz CT molecular complexity index is 766. The molecule has 0 radical (unpaired) electrons. The molecule has 0 spiro atoms. The lowest BCUT2D eigenvalue weighted by molar-refractivity contribution is -0.285. The molecule has 11 heteroatoms. The van der Waals surface area contributed by atoms with Gasteiger partial charge in [0.05, 0.1) is 19.3 Å². The monoisotopic (exact) mass is 594 g/mol. The number of rotatable bonds is 9. The number of Topliss-reactive ketones (excluding diaryl/α,β-unsaturated/α-hetero) is 1. The van der Waals surface area contributed by atoms with E-state index in [0.29, 0.717) is 13.0 Å². The van der Waals surface area contributed by atoms with Crippen LogP contribution in [0.15, 0.2) is 0 Å². The second-order valence-corrected chi connectivity index (χ2v) is 11.4. The molecule has 0 aromatic rings. The van der Waals surface area contributed by atoms with Gasteiger partial charge < -0.3 is 47.7 Å². The van der Waals surface area contributed by atoms with Crippen molar-refractivity contribution in [2.24, 2.45) is 0 Å². The molecule has 4 aliphatic rings. The van der Waals surface area contributed by atoms with E-state index in [1.807, 2.05) is 48.5 Å². The lowest BCUT2D eigenvalue weighted by Crippen LogP contribution is -2.35. The minimum atomic E-state index is -1.20. The lowest BCUT2D eigenvalue weighted by Gasteiger charge is -2.28. The molecule has 4 rings (SSSR count). The summed E-state index contributed by atoms with van der Waals surface area (Å²) in [6, 6.07) is 0. The van der Waals surface area contributed by atoms with Crippen molar-refractivity contribution in [3.63, 3.8) is 0 Å². The maximum absolute atomic E-state index is 12.0. The first-order valence-electron chi connectivity index (χ1n) is 15.2. The highest BCUT2D eigenvalue weighted by Gasteiger charge is 2.54. The Morgan fingerprint density at radius 2 is 1.59 bits per heavy atom. The first kappa shape index (κ1) is 38.3. The summed E-state index contributed by atoms with van der Waals surface area (Å²) >= 11 is 0. The smallest absolute Gasteiger partial charge is 0.195 e. The standard InChI is InChI=1S/C14H26O5.C12H20O6.2C2H6/c1-6-14(4)16-9-11(18-14)10-7-8-12(17-10)19-13(2,3)15-5;1-11(2,14)15-6-5-7-8(13)9-10(16-7)18-12(3,4)17-9;2*1-2/h10-12H,6-9H2,1-5H3;7,9-10,14H,5-6H2,1-4H3;2*1-2H3/t10?,11-,12-,14?;7?,9-,10?;;/m11../s1. The SMILES string of the molecule is CC.CC.CC(C)(O)OCCC1OC2OC(C)(C)O[C@@H]2C1=O.CCC1(C)OC[C@H](C2CC[C@@H](OC(C)(C)OC)O2)O1. The molecule has 4 saturated heterocycles. The highest BCUT2D eigenvalue weighted by molar-refractivity contribution is 5.89. The van der Waals surface area contributed by atoms with Crippen LogP contribution in [0.25, 0.3) is 0 Å². The summed E-state index contributed by atoms with van der Waals surface area (Å²) in [6.45, 7) is 23.2. The quantitative estimate of drug-likeness (QED) is 0.361. The third-order valence-corrected chi connectivity index (χ3v) is 6.72. The van der Waals surface area contributed by atoms with E-state index in [1.165, 1.54) is 13.8 Å². The van der Waals surface area contributed by atoms with E-state index in [9.17, 15) is 9.90 Å². The summed E-state index contributed by atoms with van der Waals surface area (Å²) in [6.07, 6.45) is 0.978. The van der Waals surface area contributed by atoms with Gasteiger partial charge in [-0.2, -0.15) is 0 Å². The van der Waals surface area contributed by atoms with Gasteiger partial charge in [-0.1, -0.05) is 34.6 Å². The van der Waals surface area contributed by atoms with Crippen LogP contribution in [0.5, 0.6) is 0 Å². The zero-order chi connectivity index (χ0) is 31.6. The molecule has 7 atom stereocenters. The molecule has 0 aliphatic carbocycles. The van der Waals surface area contributed by atoms with Gasteiger partial charge in [-0.25, -0.2) is 0 Å². The molecule has 4 aliphatic heterocycles. The average Bonchev–Trinajstić information content (AvgIpc) is 3.66. The predicted molar refractivity (Wildman–Crippen MR) is 153 cm³/mol. The topological polar surface area (TPSA) is 120 Å². The molecule has 4 heterocycles. The van der Waals surface area contributed by atoms with Crippen LogP contribution in [-0.4, -0.2) is 91.4 Å². The van der Waals surface area contributed by atoms with Crippen LogP contribution in [0, 0.1) is 0 Å². The van der Waals surface area contributed by atoms with Crippen molar-refractivity contribution in [3.8, 4) is 0 Å². The fraction of sp³-hybridized carbons (Fsp3) is 0.967. The van der Waals surface area contributed by atoms with E-state index in [1.54, 1.807) is 21.0 Å². The van der Waals surface area contributed by atoms with Crippen molar-refractivity contribution < 1.29 is 52.5 Å². The Kier molecular flexibility index (Phi) is 15.3. The normalized spacial score (nSPS) is 34.1. The Balaban J connectivity index is 0.000000366. The largest absolute Gasteiger partial charge is 0.366 e. The average molecular weight is 595 g/mol. The van der Waals surface area contributed by atoms with Gasteiger partial charge in [0, 0.05) is 20.0 Å². The van der Waals surface area contributed by atoms with Gasteiger partial charge in [-0.3, -0.25) is 4.79 Å². The number of carbonyl (C=O) groups is 1. The summed E-state index contributed by atoms with van der Waals surface area (Å²) in [5, 5.41) is 9.39. The van der Waals surface area contributed by atoms with Gasteiger partial charge in [-0.15, -0.1) is 0 Å². The molecule has 0 amide bonds. The zero-order valence-electron chi connectivity index (χ0n) is 27.7. The fourth-order valence-electron chi connectivity index (χ4n) is 4.43. The van der Waals surface area contributed by atoms with Gasteiger partial charge in [0.15, 0.2) is 47.6 Å². The minimum absolute atomic E-state index is 0.00390. The van der Waals surface area contributed by atoms with E-state index in [2.05, 4.69) is 6.92 Å². The third-order valence-electron chi connectivity index (χ3n) is 6.72. The van der Waals surface area contributed by atoms with E-state index < -0.39 is 41.6 Å². The van der Waals surface area contributed by atoms with Crippen molar-refractivity contribution in [3.05, 3.63) is 0 Å². The maximum atomic E-state index is 12.0. The highest BCUT2D eigenvalue weighted by Crippen LogP contribution is 2.36. The molecule has 0 bridgehead atoms. The zero-order valence-corrected chi connectivity index (χ0v) is 27.7. The molecule has 4 unspecified atom stereocenters. The molecular weight excluding hydrogens is 536 g/mol. The number of fused-ring (bicyclic) bond motifs is 1. The predicted octanol–water partition coefficient (Wildman–Crippen LogP) is 5.05. The van der Waals surface area contributed by atoms with Crippen molar-refractivity contribution in [2.45, 2.75) is 169 Å². The fourth-order valence-corrected chi connectivity index (χ4v) is 4.43. The number of ketones is 1. The molecule has 0 saturated carbocycles. The summed E-state index contributed by atoms with van der Waals surface area (Å²) in [4.78, 5) is 12.0. The number of aliphatic hydroxyl groups is 1. The van der Waals surface area contributed by atoms with Crippen molar-refractivity contribution in [2.75, 3.05) is 20.3 Å². The summed E-state index contributed by atoms with van der Waals surface area (Å²) in [5.41, 5.74) is 0. The Labute approximate surface area is 247 Å². The number of carbonyl (C=O) groups excluding carboxylic acids is 1. The molecule has 0 aromatic carbocycles. The van der Waals surface area contributed by atoms with Gasteiger partial charge in [0.25, 0.3) is 0 Å². The first-order valence-corrected chi connectivity index (χ1v) is 15.2. The van der Waals surface area contributed by atoms with Crippen LogP contribution in [0.1, 0.15) is 109 Å². The van der Waals surface area contributed by atoms with Crippen molar-refractivity contribution in [1.82, 2.24) is 0 Å². The Hall–Kier alpha value is -0.730. The second-order valence-electron chi connectivity index (χ2n) is 11.4. The van der Waals surface area contributed by atoms with Crippen LogP contribution in [-0.2, 0) is 47.4 Å². The van der Waals surface area contributed by atoms with Crippen LogP contribution in [0.2, 0.25) is 0 Å². The van der Waals surface area contributed by atoms with Crippen LogP contribution in [0.3, 0.4) is 0 Å². The lowest BCUT2D eigenvalue weighted by atomic mass is 10.1. The number of ether oxygens (including phenoxy) is 9. The number of hydrogen-bond acceptors (Lipinski definition) is 11. The number of methoxy groups -OCH3 is 1. The van der Waals surface area contributed by atoms with Gasteiger partial charge >= 0.3 is 0 Å². The second kappa shape index (κ2) is 16.4. The molecular formula is C30H58O11. The van der Waals surface area contributed by atoms with Crippen LogP contribution in [0.4, 0.5) is 0 Å².